The van der Waals surface area contributed by atoms with Gasteiger partial charge in [0.15, 0.2) is 0 Å². The Morgan fingerprint density at radius 2 is 1.31 bits per heavy atom. The van der Waals surface area contributed by atoms with Crippen LogP contribution in [0.4, 0.5) is 0 Å². The number of ether oxygens (including phenoxy) is 1. The van der Waals surface area contributed by atoms with Gasteiger partial charge in [-0.1, -0.05) is 103 Å². The number of carbonyl (C=O) groups excluding carboxylic acids is 1. The molecule has 0 saturated carbocycles. The molecule has 42 heavy (non-hydrogen) atoms. The van der Waals surface area contributed by atoms with Crippen LogP contribution in [-0.2, 0) is 22.4 Å². The van der Waals surface area contributed by atoms with E-state index in [-0.39, 0.29) is 18.9 Å². The Morgan fingerprint density at radius 3 is 1.81 bits per heavy atom. The molecule has 0 fully saturated rings. The number of aliphatic hydroxyl groups is 1. The van der Waals surface area contributed by atoms with Crippen molar-refractivity contribution in [2.75, 3.05) is 13.2 Å². The number of aliphatic hydroxyl groups excluding tert-OH is 1. The number of primary amides is 1. The lowest BCUT2D eigenvalue weighted by Gasteiger charge is -2.18. The molecule has 0 aliphatic rings. The number of nitrogens with one attached hydrogen (secondary N) is 1. The number of aliphatic carboxylic acids is 1. The van der Waals surface area contributed by atoms with Crippen molar-refractivity contribution in [2.45, 2.75) is 44.2 Å². The summed E-state index contributed by atoms with van der Waals surface area (Å²) >= 11 is 0. The van der Waals surface area contributed by atoms with Crippen molar-refractivity contribution >= 4 is 11.9 Å². The molecule has 0 aromatic heterocycles. The summed E-state index contributed by atoms with van der Waals surface area (Å²) in [5.41, 5.74) is 8.95. The lowest BCUT2D eigenvalue weighted by atomic mass is 9.92. The SMILES string of the molecule is CC(CCc1ccccc1)NCC(O)COc1ccc(CC(N)=O)cc1.O=C(O)C(c1ccccc1)c1ccccc1. The topological polar surface area (TPSA) is 122 Å². The summed E-state index contributed by atoms with van der Waals surface area (Å²) < 4.78 is 5.58. The van der Waals surface area contributed by atoms with Gasteiger partial charge in [-0.05, 0) is 54.2 Å². The quantitative estimate of drug-likeness (QED) is 0.170. The lowest BCUT2D eigenvalue weighted by Crippen LogP contribution is -2.36. The van der Waals surface area contributed by atoms with E-state index in [9.17, 15) is 19.8 Å². The number of amides is 1. The minimum Gasteiger partial charge on any atom is -0.491 e. The Bertz CT molecular complexity index is 1290. The van der Waals surface area contributed by atoms with E-state index < -0.39 is 18.0 Å². The fraction of sp³-hybridized carbons (Fsp3) is 0.257. The summed E-state index contributed by atoms with van der Waals surface area (Å²) in [6.45, 7) is 2.82. The van der Waals surface area contributed by atoms with Crippen LogP contribution in [0.25, 0.3) is 0 Å². The van der Waals surface area contributed by atoms with Gasteiger partial charge in [-0.2, -0.15) is 0 Å². The van der Waals surface area contributed by atoms with Crippen molar-refractivity contribution in [1.29, 1.82) is 0 Å². The largest absolute Gasteiger partial charge is 0.491 e. The van der Waals surface area contributed by atoms with Gasteiger partial charge in [-0.25, -0.2) is 0 Å². The summed E-state index contributed by atoms with van der Waals surface area (Å²) in [6, 6.07) is 36.4. The molecule has 0 heterocycles. The monoisotopic (exact) mass is 568 g/mol. The van der Waals surface area contributed by atoms with E-state index in [1.54, 1.807) is 24.3 Å². The van der Waals surface area contributed by atoms with Gasteiger partial charge >= 0.3 is 5.97 Å². The third-order valence-corrected chi connectivity index (χ3v) is 6.67. The van der Waals surface area contributed by atoms with Crippen LogP contribution >= 0.6 is 0 Å². The second-order valence-electron chi connectivity index (χ2n) is 10.2. The summed E-state index contributed by atoms with van der Waals surface area (Å²) in [5.74, 6) is -1.10. The van der Waals surface area contributed by atoms with Gasteiger partial charge in [0.1, 0.15) is 24.4 Å². The number of benzene rings is 4. The van der Waals surface area contributed by atoms with Crippen molar-refractivity contribution in [1.82, 2.24) is 5.32 Å². The normalized spacial score (nSPS) is 12.1. The number of hydrogen-bond acceptors (Lipinski definition) is 5. The van der Waals surface area contributed by atoms with Gasteiger partial charge in [-0.15, -0.1) is 0 Å². The summed E-state index contributed by atoms with van der Waals surface area (Å²) in [7, 11) is 0. The zero-order valence-electron chi connectivity index (χ0n) is 23.9. The van der Waals surface area contributed by atoms with Crippen molar-refractivity contribution < 1.29 is 24.5 Å². The molecule has 2 unspecified atom stereocenters. The van der Waals surface area contributed by atoms with Gasteiger partial charge in [0, 0.05) is 12.6 Å². The summed E-state index contributed by atoms with van der Waals surface area (Å²) in [4.78, 5) is 22.2. The van der Waals surface area contributed by atoms with Gasteiger partial charge in [0.05, 0.1) is 6.42 Å². The minimum atomic E-state index is -0.822. The Balaban J connectivity index is 0.000000258. The molecule has 0 aliphatic carbocycles. The lowest BCUT2D eigenvalue weighted by molar-refractivity contribution is -0.137. The first kappa shape index (κ1) is 32.1. The zero-order valence-corrected chi connectivity index (χ0v) is 23.9. The van der Waals surface area contributed by atoms with Gasteiger partial charge in [-0.3, -0.25) is 9.59 Å². The van der Waals surface area contributed by atoms with E-state index in [0.29, 0.717) is 18.3 Å². The first-order valence-electron chi connectivity index (χ1n) is 14.1. The molecule has 0 spiro atoms. The third-order valence-electron chi connectivity index (χ3n) is 6.67. The van der Waals surface area contributed by atoms with Gasteiger partial charge < -0.3 is 26.0 Å². The van der Waals surface area contributed by atoms with E-state index in [1.807, 2.05) is 66.7 Å². The second-order valence-corrected chi connectivity index (χ2v) is 10.2. The van der Waals surface area contributed by atoms with Gasteiger partial charge in [0.2, 0.25) is 5.91 Å². The van der Waals surface area contributed by atoms with Crippen LogP contribution in [0.15, 0.2) is 115 Å². The number of carboxylic acids is 1. The Labute approximate surface area is 248 Å². The Morgan fingerprint density at radius 1 is 0.786 bits per heavy atom. The van der Waals surface area contributed by atoms with E-state index in [1.165, 1.54) is 5.56 Å². The third kappa shape index (κ3) is 11.6. The van der Waals surface area contributed by atoms with Crippen molar-refractivity contribution in [3.63, 3.8) is 0 Å². The van der Waals surface area contributed by atoms with Crippen molar-refractivity contribution in [3.05, 3.63) is 138 Å². The molecule has 0 radical (unpaired) electrons. The Kier molecular flexibility index (Phi) is 13.3. The van der Waals surface area contributed by atoms with Crippen LogP contribution in [0.3, 0.4) is 0 Å². The van der Waals surface area contributed by atoms with Crippen LogP contribution in [-0.4, -0.2) is 47.4 Å². The maximum atomic E-state index is 11.3. The molecule has 0 saturated heterocycles. The number of carbonyl (C=O) groups is 2. The number of rotatable bonds is 14. The number of hydrogen-bond donors (Lipinski definition) is 4. The molecular weight excluding hydrogens is 528 g/mol. The highest BCUT2D eigenvalue weighted by Crippen LogP contribution is 2.24. The highest BCUT2D eigenvalue weighted by Gasteiger charge is 2.21. The number of carboxylic acid groups (broad SMARTS) is 1. The predicted molar refractivity (Wildman–Crippen MR) is 165 cm³/mol. The maximum Gasteiger partial charge on any atom is 0.315 e. The van der Waals surface area contributed by atoms with Crippen LogP contribution in [0.5, 0.6) is 5.75 Å². The van der Waals surface area contributed by atoms with E-state index in [2.05, 4.69) is 36.5 Å². The molecule has 4 aromatic carbocycles. The van der Waals surface area contributed by atoms with Gasteiger partial charge in [0.25, 0.3) is 0 Å². The van der Waals surface area contributed by atoms with Crippen molar-refractivity contribution in [2.24, 2.45) is 5.73 Å². The predicted octanol–water partition coefficient (Wildman–Crippen LogP) is 4.97. The fourth-order valence-electron chi connectivity index (χ4n) is 4.39. The average molecular weight is 569 g/mol. The number of aryl methyl sites for hydroxylation is 1. The van der Waals surface area contributed by atoms with Crippen molar-refractivity contribution in [3.8, 4) is 5.75 Å². The average Bonchev–Trinajstić information content (AvgIpc) is 3.00. The standard InChI is InChI=1S/C21H28N2O3.C14H12O2/c1-16(7-8-17-5-3-2-4-6-17)23-14-19(24)15-26-20-11-9-18(10-12-20)13-21(22)25;15-14(16)13(11-7-3-1-4-8-11)12-9-5-2-6-10-12/h2-6,9-12,16,19,23-24H,7-8,13-15H2,1H3,(H2,22,25);1-10,13H,(H,15,16). The summed E-state index contributed by atoms with van der Waals surface area (Å²) in [5, 5.41) is 22.7. The van der Waals surface area contributed by atoms with E-state index >= 15 is 0 Å². The molecule has 7 nitrogen and oxygen atoms in total. The number of nitrogens with two attached hydrogens (primary N) is 1. The molecule has 7 heteroatoms. The smallest absolute Gasteiger partial charge is 0.315 e. The minimum absolute atomic E-state index is 0.216. The fourth-order valence-corrected chi connectivity index (χ4v) is 4.39. The second kappa shape index (κ2) is 17.4. The zero-order chi connectivity index (χ0) is 30.2. The highest BCUT2D eigenvalue weighted by molar-refractivity contribution is 5.80. The molecule has 2 atom stereocenters. The van der Waals surface area contributed by atoms with E-state index in [4.69, 9.17) is 10.5 Å². The molecular formula is C35H40N2O5. The first-order chi connectivity index (χ1) is 20.3. The summed E-state index contributed by atoms with van der Waals surface area (Å²) in [6.07, 6.45) is 1.66. The molecule has 1 amide bonds. The van der Waals surface area contributed by atoms with Crippen LogP contribution in [0, 0.1) is 0 Å². The first-order valence-corrected chi connectivity index (χ1v) is 14.1. The van der Waals surface area contributed by atoms with Crippen LogP contribution in [0.2, 0.25) is 0 Å². The molecule has 4 aromatic rings. The molecule has 5 N–H and O–H groups in total. The van der Waals surface area contributed by atoms with E-state index in [0.717, 1.165) is 29.5 Å². The maximum absolute atomic E-state index is 11.3. The molecule has 0 aliphatic heterocycles. The van der Waals surface area contributed by atoms with Crippen LogP contribution < -0.4 is 15.8 Å². The Hall–Kier alpha value is -4.46. The highest BCUT2D eigenvalue weighted by atomic mass is 16.5. The molecule has 220 valence electrons. The molecule has 0 bridgehead atoms. The van der Waals surface area contributed by atoms with Crippen LogP contribution in [0.1, 0.15) is 41.5 Å². The molecule has 4 rings (SSSR count).